The fourth-order valence-corrected chi connectivity index (χ4v) is 0. The summed E-state index contributed by atoms with van der Waals surface area (Å²) in [7, 11) is -18.0. The second-order valence-electron chi connectivity index (χ2n) is 1.48. The van der Waals surface area contributed by atoms with Gasteiger partial charge in [-0.15, -0.1) is 0 Å². The van der Waals surface area contributed by atoms with Crippen molar-refractivity contribution < 1.29 is 84.6 Å². The molecule has 0 saturated heterocycles. The maximum atomic E-state index is 9.75. The fourth-order valence-electron chi connectivity index (χ4n) is 0. The van der Waals surface area contributed by atoms with Gasteiger partial charge in [-0.05, 0) is 0 Å². The minimum Gasteiger partial charge on any atom is -0.418 e. The molecule has 6 nitrogen and oxygen atoms in total. The summed E-state index contributed by atoms with van der Waals surface area (Å²) < 4.78 is 117. The smallest absolute Gasteiger partial charge is 0.418 e. The van der Waals surface area contributed by atoms with Crippen LogP contribution in [-0.2, 0) is 0 Å². The third-order valence-electron chi connectivity index (χ3n) is 0. The molecule has 0 aromatic heterocycles. The minimum atomic E-state index is -6.00. The van der Waals surface area contributed by atoms with Gasteiger partial charge in [0.2, 0.25) is 0 Å². The summed E-state index contributed by atoms with van der Waals surface area (Å²) in [6.45, 7) is 0. The Hall–Kier alpha value is -0.353. The SMILES string of the molecule is F[B-](F)(F)F.F[B-](F)(F)F.F[B-](F)(F)F.O.O.O.O.O.O.[Al+3]. The molecule has 0 spiro atoms. The number of halogens is 12. The monoisotopic (exact) mass is 396 g/mol. The van der Waals surface area contributed by atoms with Gasteiger partial charge in [-0.25, -0.2) is 0 Å². The zero-order valence-electron chi connectivity index (χ0n) is 9.84. The molecule has 144 valence electrons. The average molecular weight is 395 g/mol. The van der Waals surface area contributed by atoms with Crippen LogP contribution >= 0.6 is 0 Å². The van der Waals surface area contributed by atoms with Crippen LogP contribution in [0.25, 0.3) is 0 Å². The number of hydrogen-bond acceptors (Lipinski definition) is 0. The summed E-state index contributed by atoms with van der Waals surface area (Å²) in [5.74, 6) is 0. The van der Waals surface area contributed by atoms with Gasteiger partial charge in [0.25, 0.3) is 0 Å². The van der Waals surface area contributed by atoms with E-state index in [9.17, 15) is 51.8 Å². The van der Waals surface area contributed by atoms with Gasteiger partial charge >= 0.3 is 39.1 Å². The molecule has 0 aliphatic rings. The molecule has 0 heterocycles. The molecule has 0 aliphatic carbocycles. The fraction of sp³-hybridized carbons (Fsp3) is 0. The van der Waals surface area contributed by atoms with Crippen molar-refractivity contribution in [3.05, 3.63) is 0 Å². The van der Waals surface area contributed by atoms with Crippen LogP contribution in [0.4, 0.5) is 51.8 Å². The van der Waals surface area contributed by atoms with Crippen LogP contribution in [-0.4, -0.2) is 72.0 Å². The molecule has 22 heavy (non-hydrogen) atoms. The minimum absolute atomic E-state index is 0. The first-order valence-electron chi connectivity index (χ1n) is 2.62. The van der Waals surface area contributed by atoms with E-state index in [4.69, 9.17) is 0 Å². The first kappa shape index (κ1) is 68.0. The maximum absolute atomic E-state index is 9.75. The molecule has 0 aromatic carbocycles. The van der Waals surface area contributed by atoms with Crippen LogP contribution < -0.4 is 0 Å². The van der Waals surface area contributed by atoms with E-state index in [-0.39, 0.29) is 50.2 Å². The van der Waals surface area contributed by atoms with Crippen molar-refractivity contribution in [2.24, 2.45) is 0 Å². The van der Waals surface area contributed by atoms with Gasteiger partial charge in [0.05, 0.1) is 0 Å². The standard InChI is InChI=1S/Al.3BF4.6H2O/c;3*2-1(3,4)5;;;;;;/h;;;;6*1H2/q+3;3*-1;;;;;;. The van der Waals surface area contributed by atoms with Crippen LogP contribution in [0.1, 0.15) is 0 Å². The molecule has 0 atom stereocenters. The summed E-state index contributed by atoms with van der Waals surface area (Å²) in [4.78, 5) is 0. The molecule has 0 unspecified atom stereocenters. The predicted molar refractivity (Wildman–Crippen MR) is 58.0 cm³/mol. The zero-order valence-corrected chi connectivity index (χ0v) is 11.0. The van der Waals surface area contributed by atoms with Crippen molar-refractivity contribution in [2.75, 3.05) is 0 Å². The van der Waals surface area contributed by atoms with E-state index in [1.165, 1.54) is 0 Å². The molecule has 0 aliphatic heterocycles. The van der Waals surface area contributed by atoms with Gasteiger partial charge in [0.15, 0.2) is 0 Å². The largest absolute Gasteiger partial charge is 3.00 e. The van der Waals surface area contributed by atoms with Gasteiger partial charge in [-0.3, -0.25) is 0 Å². The van der Waals surface area contributed by atoms with Gasteiger partial charge < -0.3 is 84.6 Å². The number of rotatable bonds is 0. The van der Waals surface area contributed by atoms with Gasteiger partial charge in [0.1, 0.15) is 0 Å². The first-order valence-corrected chi connectivity index (χ1v) is 2.62. The van der Waals surface area contributed by atoms with E-state index in [0.717, 1.165) is 0 Å². The summed E-state index contributed by atoms with van der Waals surface area (Å²) >= 11 is 0. The maximum Gasteiger partial charge on any atom is 3.00 e. The Morgan fingerprint density at radius 3 is 0.273 bits per heavy atom. The molecule has 22 heteroatoms. The Kier molecular flexibility index (Phi) is 79.1. The van der Waals surface area contributed by atoms with Crippen molar-refractivity contribution >= 4 is 39.1 Å². The molecule has 0 aromatic rings. The van der Waals surface area contributed by atoms with Crippen molar-refractivity contribution in [3.8, 4) is 0 Å². The van der Waals surface area contributed by atoms with Gasteiger partial charge in [-0.1, -0.05) is 0 Å². The van der Waals surface area contributed by atoms with Crippen LogP contribution in [0, 0.1) is 0 Å². The molecular weight excluding hydrogens is 383 g/mol. The molecule has 0 radical (unpaired) electrons. The van der Waals surface area contributed by atoms with Crippen molar-refractivity contribution in [1.29, 1.82) is 0 Å². The second-order valence-corrected chi connectivity index (χ2v) is 1.48. The Balaban J connectivity index is -0.0000000106. The normalized spacial score (nSPS) is 8.18. The van der Waals surface area contributed by atoms with Crippen molar-refractivity contribution in [1.82, 2.24) is 0 Å². The Morgan fingerprint density at radius 1 is 0.273 bits per heavy atom. The van der Waals surface area contributed by atoms with Crippen LogP contribution in [0.2, 0.25) is 0 Å². The number of hydrogen-bond donors (Lipinski definition) is 0. The van der Waals surface area contributed by atoms with Crippen LogP contribution in [0.5, 0.6) is 0 Å². The van der Waals surface area contributed by atoms with E-state index < -0.39 is 21.8 Å². The molecule has 12 N–H and O–H groups in total. The summed E-state index contributed by atoms with van der Waals surface area (Å²) in [6, 6.07) is 0. The Morgan fingerprint density at radius 2 is 0.273 bits per heavy atom. The predicted octanol–water partition coefficient (Wildman–Crippen LogP) is -1.43. The summed E-state index contributed by atoms with van der Waals surface area (Å²) in [5, 5.41) is 0. The molecule has 0 saturated carbocycles. The Labute approximate surface area is 125 Å². The van der Waals surface area contributed by atoms with Crippen molar-refractivity contribution in [2.45, 2.75) is 0 Å². The quantitative estimate of drug-likeness (QED) is 0.343. The van der Waals surface area contributed by atoms with Crippen LogP contribution in [0.15, 0.2) is 0 Å². The van der Waals surface area contributed by atoms with Gasteiger partial charge in [-0.2, -0.15) is 0 Å². The average Bonchev–Trinajstić information content (AvgIpc) is 1.41. The van der Waals surface area contributed by atoms with Crippen LogP contribution in [0.3, 0.4) is 0 Å². The van der Waals surface area contributed by atoms with E-state index in [2.05, 4.69) is 0 Å². The summed E-state index contributed by atoms with van der Waals surface area (Å²) in [5.41, 5.74) is 0. The second kappa shape index (κ2) is 25.6. The van der Waals surface area contributed by atoms with Gasteiger partial charge in [0, 0.05) is 0 Å². The van der Waals surface area contributed by atoms with E-state index in [1.54, 1.807) is 0 Å². The first-order chi connectivity index (χ1) is 6.00. The summed E-state index contributed by atoms with van der Waals surface area (Å²) in [6.07, 6.45) is 0. The molecule has 0 rings (SSSR count). The van der Waals surface area contributed by atoms with Crippen molar-refractivity contribution in [3.63, 3.8) is 0 Å². The molecule has 0 amide bonds. The molecular formula is H12AlB3F12O6. The zero-order chi connectivity index (χ0) is 13.5. The third-order valence-corrected chi connectivity index (χ3v) is 0. The molecule has 0 fully saturated rings. The van der Waals surface area contributed by atoms with E-state index in [0.29, 0.717) is 0 Å². The third kappa shape index (κ3) is 54900. The molecule has 0 bridgehead atoms. The van der Waals surface area contributed by atoms with E-state index >= 15 is 0 Å². The van der Waals surface area contributed by atoms with E-state index in [1.807, 2.05) is 0 Å². The topological polar surface area (TPSA) is 189 Å². The Bertz CT molecular complexity index is 110.